The Labute approximate surface area is 78.0 Å². The van der Waals surface area contributed by atoms with E-state index >= 15 is 0 Å². The molecule has 0 fully saturated rings. The number of rotatable bonds is 0. The minimum absolute atomic E-state index is 0.913. The van der Waals surface area contributed by atoms with Crippen molar-refractivity contribution in [3.63, 3.8) is 0 Å². The molecule has 0 saturated carbocycles. The van der Waals surface area contributed by atoms with Gasteiger partial charge in [0.25, 0.3) is 0 Å². The quantitative estimate of drug-likeness (QED) is 0.653. The van der Waals surface area contributed by atoms with Crippen molar-refractivity contribution in [2.24, 2.45) is 7.05 Å². The molecular formula is C11H14N2. The smallest absolute Gasteiger partial charge is 0.0606 e. The van der Waals surface area contributed by atoms with Gasteiger partial charge in [-0.1, -0.05) is 12.1 Å². The van der Waals surface area contributed by atoms with Gasteiger partial charge in [0.1, 0.15) is 0 Å². The van der Waals surface area contributed by atoms with Crippen LogP contribution < -0.4 is 5.73 Å². The highest BCUT2D eigenvalue weighted by Crippen LogP contribution is 2.29. The number of aryl methyl sites for hydroxylation is 2. The average Bonchev–Trinajstić information content (AvgIpc) is 2.33. The maximum Gasteiger partial charge on any atom is 0.0606 e. The van der Waals surface area contributed by atoms with Crippen LogP contribution >= 0.6 is 0 Å². The van der Waals surface area contributed by atoms with Gasteiger partial charge in [-0.15, -0.1) is 0 Å². The van der Waals surface area contributed by atoms with Crippen molar-refractivity contribution in [1.82, 2.24) is 4.57 Å². The summed E-state index contributed by atoms with van der Waals surface area (Å²) in [6.45, 7) is 4.15. The van der Waals surface area contributed by atoms with E-state index in [4.69, 9.17) is 5.73 Å². The number of nitrogens with zero attached hydrogens (tertiary/aromatic N) is 1. The summed E-state index contributed by atoms with van der Waals surface area (Å²) in [5.41, 5.74) is 10.5. The zero-order valence-electron chi connectivity index (χ0n) is 8.26. The van der Waals surface area contributed by atoms with E-state index in [-0.39, 0.29) is 0 Å². The summed E-state index contributed by atoms with van der Waals surface area (Å²) in [6.07, 6.45) is 0. The van der Waals surface area contributed by atoms with E-state index < -0.39 is 0 Å². The number of hydrogen-bond donors (Lipinski definition) is 1. The van der Waals surface area contributed by atoms with Crippen molar-refractivity contribution in [1.29, 1.82) is 0 Å². The van der Waals surface area contributed by atoms with Gasteiger partial charge in [-0.3, -0.25) is 0 Å². The molecule has 0 aliphatic carbocycles. The van der Waals surface area contributed by atoms with Gasteiger partial charge < -0.3 is 10.3 Å². The van der Waals surface area contributed by atoms with Gasteiger partial charge in [0.15, 0.2) is 0 Å². The average molecular weight is 174 g/mol. The predicted octanol–water partition coefficient (Wildman–Crippen LogP) is 2.38. The van der Waals surface area contributed by atoms with Gasteiger partial charge in [-0.25, -0.2) is 0 Å². The third-order valence-corrected chi connectivity index (χ3v) is 2.77. The van der Waals surface area contributed by atoms with Crippen molar-refractivity contribution in [2.45, 2.75) is 13.8 Å². The summed E-state index contributed by atoms with van der Waals surface area (Å²) < 4.78 is 2.14. The molecule has 2 rings (SSSR count). The molecular weight excluding hydrogens is 160 g/mol. The van der Waals surface area contributed by atoms with Gasteiger partial charge in [-0.05, 0) is 25.5 Å². The lowest BCUT2D eigenvalue weighted by Gasteiger charge is -1.98. The van der Waals surface area contributed by atoms with E-state index in [9.17, 15) is 0 Å². The molecule has 13 heavy (non-hydrogen) atoms. The molecule has 0 aliphatic heterocycles. The molecule has 0 radical (unpaired) electrons. The molecule has 0 unspecified atom stereocenters. The highest BCUT2D eigenvalue weighted by Gasteiger charge is 2.09. The Morgan fingerprint density at radius 2 is 1.92 bits per heavy atom. The Bertz CT molecular complexity index is 466. The van der Waals surface area contributed by atoms with E-state index in [0.717, 1.165) is 11.4 Å². The Balaban J connectivity index is 3.03. The SMILES string of the molecule is Cc1cccc2c1c(N)c(C)n2C. The monoisotopic (exact) mass is 174 g/mol. The number of nitrogens with two attached hydrogens (primary N) is 1. The predicted molar refractivity (Wildman–Crippen MR) is 56.8 cm³/mol. The van der Waals surface area contributed by atoms with Gasteiger partial charge >= 0.3 is 0 Å². The van der Waals surface area contributed by atoms with Crippen LogP contribution in [0.5, 0.6) is 0 Å². The zero-order valence-corrected chi connectivity index (χ0v) is 8.26. The van der Waals surface area contributed by atoms with E-state index in [1.54, 1.807) is 0 Å². The Kier molecular flexibility index (Phi) is 1.59. The molecule has 0 spiro atoms. The molecule has 1 heterocycles. The lowest BCUT2D eigenvalue weighted by atomic mass is 10.1. The summed E-state index contributed by atoms with van der Waals surface area (Å²) in [5.74, 6) is 0. The Morgan fingerprint density at radius 1 is 1.23 bits per heavy atom. The van der Waals surface area contributed by atoms with Crippen LogP contribution in [0.3, 0.4) is 0 Å². The van der Waals surface area contributed by atoms with Gasteiger partial charge in [0.05, 0.1) is 11.2 Å². The summed E-state index contributed by atoms with van der Waals surface area (Å²) in [7, 11) is 2.05. The molecule has 0 bridgehead atoms. The fourth-order valence-corrected chi connectivity index (χ4v) is 1.82. The molecule has 1 aromatic carbocycles. The molecule has 0 saturated heterocycles. The van der Waals surface area contributed by atoms with Gasteiger partial charge in [0, 0.05) is 18.1 Å². The lowest BCUT2D eigenvalue weighted by Crippen LogP contribution is -1.91. The van der Waals surface area contributed by atoms with Crippen LogP contribution in [-0.2, 0) is 7.05 Å². The molecule has 2 nitrogen and oxygen atoms in total. The van der Waals surface area contributed by atoms with Crippen LogP contribution in [0, 0.1) is 13.8 Å². The van der Waals surface area contributed by atoms with Gasteiger partial charge in [0.2, 0.25) is 0 Å². The number of aromatic nitrogens is 1. The van der Waals surface area contributed by atoms with Crippen molar-refractivity contribution in [2.75, 3.05) is 5.73 Å². The molecule has 0 amide bonds. The van der Waals surface area contributed by atoms with Crippen molar-refractivity contribution >= 4 is 16.6 Å². The maximum atomic E-state index is 6.02. The van der Waals surface area contributed by atoms with Crippen LogP contribution in [-0.4, -0.2) is 4.57 Å². The number of anilines is 1. The summed E-state index contributed by atoms with van der Waals surface area (Å²) >= 11 is 0. The highest BCUT2D eigenvalue weighted by molar-refractivity contribution is 5.96. The van der Waals surface area contributed by atoms with Crippen LogP contribution in [0.4, 0.5) is 5.69 Å². The van der Waals surface area contributed by atoms with E-state index in [0.29, 0.717) is 0 Å². The van der Waals surface area contributed by atoms with Crippen LogP contribution in [0.25, 0.3) is 10.9 Å². The van der Waals surface area contributed by atoms with E-state index in [2.05, 4.69) is 36.6 Å². The fraction of sp³-hybridized carbons (Fsp3) is 0.273. The second-order valence-electron chi connectivity index (χ2n) is 3.53. The molecule has 68 valence electrons. The number of nitrogen functional groups attached to an aromatic ring is 1. The van der Waals surface area contributed by atoms with E-state index in [1.165, 1.54) is 16.5 Å². The van der Waals surface area contributed by atoms with Crippen molar-refractivity contribution in [3.05, 3.63) is 29.5 Å². The minimum Gasteiger partial charge on any atom is -0.397 e. The largest absolute Gasteiger partial charge is 0.397 e. The van der Waals surface area contributed by atoms with Gasteiger partial charge in [-0.2, -0.15) is 0 Å². The second-order valence-corrected chi connectivity index (χ2v) is 3.53. The zero-order chi connectivity index (χ0) is 9.59. The standard InChI is InChI=1S/C11H14N2/c1-7-5-4-6-9-10(7)11(12)8(2)13(9)3/h4-6H,12H2,1-3H3. The summed E-state index contributed by atoms with van der Waals surface area (Å²) in [5, 5.41) is 1.20. The molecule has 2 aromatic rings. The van der Waals surface area contributed by atoms with Crippen LogP contribution in [0.1, 0.15) is 11.3 Å². The Morgan fingerprint density at radius 3 is 2.54 bits per heavy atom. The molecule has 0 aliphatic rings. The van der Waals surface area contributed by atoms with Crippen LogP contribution in [0.15, 0.2) is 18.2 Å². The third kappa shape index (κ3) is 0.949. The minimum atomic E-state index is 0.913. The highest BCUT2D eigenvalue weighted by atomic mass is 15.0. The molecule has 2 N–H and O–H groups in total. The third-order valence-electron chi connectivity index (χ3n) is 2.77. The summed E-state index contributed by atoms with van der Waals surface area (Å²) in [6, 6.07) is 6.26. The molecule has 0 atom stereocenters. The summed E-state index contributed by atoms with van der Waals surface area (Å²) in [4.78, 5) is 0. The normalized spacial score (nSPS) is 11.0. The first kappa shape index (κ1) is 8.17. The number of fused-ring (bicyclic) bond motifs is 1. The second kappa shape index (κ2) is 2.52. The fourth-order valence-electron chi connectivity index (χ4n) is 1.82. The van der Waals surface area contributed by atoms with Crippen molar-refractivity contribution in [3.8, 4) is 0 Å². The topological polar surface area (TPSA) is 30.9 Å². The first-order valence-electron chi connectivity index (χ1n) is 4.43. The maximum absolute atomic E-state index is 6.02. The van der Waals surface area contributed by atoms with Crippen molar-refractivity contribution < 1.29 is 0 Å². The number of hydrogen-bond acceptors (Lipinski definition) is 1. The van der Waals surface area contributed by atoms with Crippen LogP contribution in [0.2, 0.25) is 0 Å². The lowest BCUT2D eigenvalue weighted by molar-refractivity contribution is 0.920. The number of benzene rings is 1. The molecule has 2 heteroatoms. The van der Waals surface area contributed by atoms with E-state index in [1.807, 2.05) is 7.05 Å². The Hall–Kier alpha value is -1.44. The first-order valence-corrected chi connectivity index (χ1v) is 4.43. The molecule has 1 aromatic heterocycles. The first-order chi connectivity index (χ1) is 6.13.